The third kappa shape index (κ3) is 6.53. The lowest BCUT2D eigenvalue weighted by atomic mass is 10.1. The van der Waals surface area contributed by atoms with Gasteiger partial charge in [-0.05, 0) is 32.9 Å². The minimum Gasteiger partial charge on any atom is -0.386 e. The summed E-state index contributed by atoms with van der Waals surface area (Å²) in [5, 5.41) is 16.2. The van der Waals surface area contributed by atoms with Gasteiger partial charge in [0.25, 0.3) is 5.91 Å². The van der Waals surface area contributed by atoms with Crippen LogP contribution in [0.3, 0.4) is 0 Å². The summed E-state index contributed by atoms with van der Waals surface area (Å²) in [6.07, 6.45) is 2.05. The van der Waals surface area contributed by atoms with E-state index in [-0.39, 0.29) is 24.9 Å². The Balaban J connectivity index is 1.55. The largest absolute Gasteiger partial charge is 0.386 e. The first-order valence-corrected chi connectivity index (χ1v) is 17.3. The molecule has 3 heterocycles. The summed E-state index contributed by atoms with van der Waals surface area (Å²) < 4.78 is 21.5. The van der Waals surface area contributed by atoms with Crippen LogP contribution in [0.2, 0.25) is 0 Å². The topological polar surface area (TPSA) is 121 Å². The van der Waals surface area contributed by atoms with Gasteiger partial charge in [-0.2, -0.15) is 0 Å². The van der Waals surface area contributed by atoms with E-state index in [2.05, 4.69) is 46.1 Å². The Kier molecular flexibility index (Phi) is 9.44. The highest BCUT2D eigenvalue weighted by atomic mass is 28.3. The number of nitrogens with zero attached hydrogens (tertiary/aromatic N) is 4. The van der Waals surface area contributed by atoms with E-state index in [4.69, 9.17) is 19.2 Å². The van der Waals surface area contributed by atoms with Gasteiger partial charge in [-0.15, -0.1) is 6.58 Å². The van der Waals surface area contributed by atoms with Crippen molar-refractivity contribution in [3.8, 4) is 0 Å². The molecule has 1 aliphatic heterocycles. The molecule has 2 N–H and O–H groups in total. The molecular weight excluding hydrogens is 611 g/mol. The van der Waals surface area contributed by atoms with Crippen LogP contribution in [0, 0.1) is 0 Å². The molecule has 10 nitrogen and oxygen atoms in total. The fraction of sp³-hybridized carbons (Fsp3) is 0.278. The predicted octanol–water partition coefficient (Wildman–Crippen LogP) is 3.46. The number of benzene rings is 3. The van der Waals surface area contributed by atoms with Crippen molar-refractivity contribution in [3.63, 3.8) is 0 Å². The van der Waals surface area contributed by atoms with Crippen molar-refractivity contribution in [2.45, 2.75) is 50.0 Å². The Morgan fingerprint density at radius 1 is 1.00 bits per heavy atom. The fourth-order valence-corrected chi connectivity index (χ4v) is 10.0. The average molecular weight is 650 g/mol. The summed E-state index contributed by atoms with van der Waals surface area (Å²) in [5.41, 5.74) is 0.776. The SMILES string of the molecule is C=CCO[C@H]1[C@@H](O)[C@@](n2cnc3c(NC(=O)c4ccccc4)ncnc32)([SiH](c2ccccc2)c2ccccc2)O[C@@H]1COC(C)(C)C. The number of rotatable bonds is 11. The first-order chi connectivity index (χ1) is 22.7. The highest BCUT2D eigenvalue weighted by Gasteiger charge is 2.62. The van der Waals surface area contributed by atoms with Gasteiger partial charge in [0.1, 0.15) is 24.6 Å². The number of nitrogens with one attached hydrogen (secondary N) is 1. The first kappa shape index (κ1) is 32.4. The molecular formula is C36H39N5O5Si. The van der Waals surface area contributed by atoms with Gasteiger partial charge in [0.2, 0.25) is 0 Å². The standard InChI is InChI=1S/C36H39N5O5Si/c1-5-21-44-30-28(22-45-35(2,3)4)46-36(31(30)42,47(26-17-11-7-12-18-26)27-19-13-8-14-20-27)41-24-39-29-32(37-23-38-33(29)41)40-34(43)25-15-9-6-10-16-25/h5-20,23-24,28,30-31,42,47H,1,21-22H2,2-4H3,(H,37,38,40,43)/t28-,30-,31-,36+/m1/s1. The number of hydrogen-bond donors (Lipinski definition) is 2. The molecule has 1 fully saturated rings. The second kappa shape index (κ2) is 13.7. The van der Waals surface area contributed by atoms with Gasteiger partial charge in [0.05, 0.1) is 25.1 Å². The Hall–Kier alpha value is -4.52. The third-order valence-electron chi connectivity index (χ3n) is 8.19. The molecule has 3 aromatic carbocycles. The zero-order valence-corrected chi connectivity index (χ0v) is 27.8. The number of aliphatic hydroxyl groups excluding tert-OH is 1. The van der Waals surface area contributed by atoms with Crippen LogP contribution in [0.1, 0.15) is 31.1 Å². The molecule has 6 rings (SSSR count). The van der Waals surface area contributed by atoms with Gasteiger partial charge < -0.3 is 24.6 Å². The summed E-state index contributed by atoms with van der Waals surface area (Å²) in [6.45, 7) is 10.1. The molecule has 1 saturated heterocycles. The quantitative estimate of drug-likeness (QED) is 0.165. The van der Waals surface area contributed by atoms with Gasteiger partial charge in [-0.3, -0.25) is 9.36 Å². The number of aromatic nitrogens is 4. The number of amides is 1. The van der Waals surface area contributed by atoms with Gasteiger partial charge in [0.15, 0.2) is 31.1 Å². The van der Waals surface area contributed by atoms with Gasteiger partial charge in [-0.1, -0.05) is 95.3 Å². The fourth-order valence-electron chi connectivity index (χ4n) is 6.15. The van der Waals surface area contributed by atoms with Crippen molar-refractivity contribution in [2.24, 2.45) is 0 Å². The van der Waals surface area contributed by atoms with Crippen molar-refractivity contribution in [2.75, 3.05) is 18.5 Å². The van der Waals surface area contributed by atoms with E-state index in [1.807, 2.05) is 67.8 Å². The molecule has 11 heteroatoms. The number of hydrogen-bond acceptors (Lipinski definition) is 8. The van der Waals surface area contributed by atoms with Crippen LogP contribution in [-0.2, 0) is 19.6 Å². The molecule has 0 radical (unpaired) electrons. The number of carbonyl (C=O) groups is 1. The number of carbonyl (C=O) groups excluding carboxylic acids is 1. The minimum absolute atomic E-state index is 0.175. The van der Waals surface area contributed by atoms with E-state index in [1.165, 1.54) is 6.33 Å². The molecule has 0 saturated carbocycles. The van der Waals surface area contributed by atoms with Crippen molar-refractivity contribution in [1.82, 2.24) is 19.5 Å². The van der Waals surface area contributed by atoms with Gasteiger partial charge >= 0.3 is 0 Å². The number of aliphatic hydroxyl groups is 1. The van der Waals surface area contributed by atoms with Gasteiger partial charge in [0, 0.05) is 5.56 Å². The van der Waals surface area contributed by atoms with Crippen molar-refractivity contribution < 1.29 is 24.1 Å². The van der Waals surface area contributed by atoms with Crippen LogP contribution in [0.5, 0.6) is 0 Å². The Labute approximate surface area is 275 Å². The normalized spacial score (nSPS) is 21.3. The van der Waals surface area contributed by atoms with E-state index in [9.17, 15) is 9.90 Å². The molecule has 4 atom stereocenters. The van der Waals surface area contributed by atoms with Crippen molar-refractivity contribution in [1.29, 1.82) is 0 Å². The van der Waals surface area contributed by atoms with Crippen LogP contribution in [-0.4, -0.2) is 76.5 Å². The second-order valence-electron chi connectivity index (χ2n) is 12.4. The molecule has 0 aliphatic carbocycles. The minimum atomic E-state index is -2.63. The summed E-state index contributed by atoms with van der Waals surface area (Å²) in [7, 11) is -2.63. The monoisotopic (exact) mass is 649 g/mol. The molecule has 1 aliphatic rings. The number of fused-ring (bicyclic) bond motifs is 1. The predicted molar refractivity (Wildman–Crippen MR) is 184 cm³/mol. The number of anilines is 1. The highest BCUT2D eigenvalue weighted by Crippen LogP contribution is 2.42. The van der Waals surface area contributed by atoms with Crippen LogP contribution >= 0.6 is 0 Å². The molecule has 1 amide bonds. The second-order valence-corrected chi connectivity index (χ2v) is 15.5. The zero-order chi connectivity index (χ0) is 33.0. The van der Waals surface area contributed by atoms with E-state index in [1.54, 1.807) is 36.7 Å². The maximum atomic E-state index is 13.2. The number of imidazole rings is 1. The molecule has 2 aromatic heterocycles. The van der Waals surface area contributed by atoms with Crippen molar-refractivity contribution >= 4 is 42.1 Å². The first-order valence-electron chi connectivity index (χ1n) is 15.6. The molecule has 0 bridgehead atoms. The van der Waals surface area contributed by atoms with Crippen LogP contribution in [0.4, 0.5) is 5.82 Å². The van der Waals surface area contributed by atoms with Crippen LogP contribution in [0.25, 0.3) is 11.2 Å². The summed E-state index contributed by atoms with van der Waals surface area (Å²) >= 11 is 0. The average Bonchev–Trinajstić information content (AvgIpc) is 3.64. The molecule has 5 aromatic rings. The third-order valence-corrected chi connectivity index (χ3v) is 11.9. The van der Waals surface area contributed by atoms with Crippen molar-refractivity contribution in [3.05, 3.63) is 122 Å². The van der Waals surface area contributed by atoms with E-state index in [0.29, 0.717) is 16.7 Å². The lowest BCUT2D eigenvalue weighted by molar-refractivity contribution is -0.120. The molecule has 242 valence electrons. The smallest absolute Gasteiger partial charge is 0.256 e. The Morgan fingerprint density at radius 3 is 2.21 bits per heavy atom. The maximum absolute atomic E-state index is 13.2. The number of ether oxygens (including phenoxy) is 3. The van der Waals surface area contributed by atoms with E-state index >= 15 is 0 Å². The lowest BCUT2D eigenvalue weighted by Gasteiger charge is -2.40. The zero-order valence-electron chi connectivity index (χ0n) is 26.7. The highest BCUT2D eigenvalue weighted by molar-refractivity contribution is 6.86. The summed E-state index contributed by atoms with van der Waals surface area (Å²) in [5.74, 6) is -0.0833. The molecule has 47 heavy (non-hydrogen) atoms. The maximum Gasteiger partial charge on any atom is 0.256 e. The van der Waals surface area contributed by atoms with Gasteiger partial charge in [-0.25, -0.2) is 15.0 Å². The Bertz CT molecular complexity index is 1780. The van der Waals surface area contributed by atoms with Crippen LogP contribution in [0.15, 0.2) is 116 Å². The van der Waals surface area contributed by atoms with E-state index in [0.717, 1.165) is 10.4 Å². The molecule has 0 spiro atoms. The lowest BCUT2D eigenvalue weighted by Crippen LogP contribution is -2.66. The molecule has 0 unspecified atom stereocenters. The summed E-state index contributed by atoms with van der Waals surface area (Å²) in [6, 6.07) is 29.1. The summed E-state index contributed by atoms with van der Waals surface area (Å²) in [4.78, 5) is 26.9. The van der Waals surface area contributed by atoms with E-state index < -0.39 is 38.1 Å². The van der Waals surface area contributed by atoms with Crippen LogP contribution < -0.4 is 15.7 Å². The Morgan fingerprint density at radius 2 is 1.62 bits per heavy atom.